The molecule has 0 aliphatic rings. The average molecular weight is 262 g/mol. The monoisotopic (exact) mass is 262 g/mol. The van der Waals surface area contributed by atoms with Crippen molar-refractivity contribution in [2.45, 2.75) is 0 Å². The molecule has 0 bridgehead atoms. The number of carbonyl (C=O) groups is 1. The van der Waals surface area contributed by atoms with Gasteiger partial charge in [0.25, 0.3) is 0 Å². The van der Waals surface area contributed by atoms with Gasteiger partial charge in [0.15, 0.2) is 6.01 Å². The minimum absolute atomic E-state index is 0.413. The summed E-state index contributed by atoms with van der Waals surface area (Å²) in [7, 11) is 0. The predicted molar refractivity (Wildman–Crippen MR) is 70.9 cm³/mol. The van der Waals surface area contributed by atoms with Crippen LogP contribution >= 0.6 is 12.0 Å². The van der Waals surface area contributed by atoms with Crippen LogP contribution in [0.3, 0.4) is 0 Å². The van der Waals surface area contributed by atoms with E-state index >= 15 is 0 Å². The van der Waals surface area contributed by atoms with E-state index in [1.807, 2.05) is 42.5 Å². The zero-order chi connectivity index (χ0) is 12.8. The summed E-state index contributed by atoms with van der Waals surface area (Å²) in [4.78, 5) is 11.4. The van der Waals surface area contributed by atoms with Gasteiger partial charge in [-0.3, -0.25) is 0 Å². The highest BCUT2D eigenvalue weighted by atomic mass is 32.2. The Morgan fingerprint density at radius 3 is 2.22 bits per heavy atom. The van der Waals surface area contributed by atoms with Gasteiger partial charge in [0, 0.05) is 0 Å². The summed E-state index contributed by atoms with van der Waals surface area (Å²) in [5, 5.41) is 0. The van der Waals surface area contributed by atoms with Crippen LogP contribution in [0.5, 0.6) is 0 Å². The molecule has 4 heteroatoms. The van der Waals surface area contributed by atoms with Crippen molar-refractivity contribution in [3.05, 3.63) is 60.2 Å². The van der Waals surface area contributed by atoms with Gasteiger partial charge in [0.05, 0.1) is 17.6 Å². The van der Waals surface area contributed by atoms with Crippen LogP contribution in [0.1, 0.15) is 10.4 Å². The van der Waals surface area contributed by atoms with E-state index in [0.29, 0.717) is 17.6 Å². The fourth-order valence-corrected chi connectivity index (χ4v) is 1.80. The molecular weight excluding hydrogens is 251 g/mol. The molecule has 2 aromatic carbocycles. The van der Waals surface area contributed by atoms with E-state index in [2.05, 4.69) is 4.18 Å². The van der Waals surface area contributed by atoms with Crippen LogP contribution in [-0.2, 0) is 4.18 Å². The molecule has 92 valence electrons. The molecule has 2 nitrogen and oxygen atoms in total. The number of hydrogen-bond acceptors (Lipinski definition) is 3. The molecule has 2 rings (SSSR count). The van der Waals surface area contributed by atoms with E-state index in [-0.39, 0.29) is 0 Å². The number of benzene rings is 2. The smallest absolute Gasteiger partial charge is 0.350 e. The maximum Gasteiger partial charge on any atom is 0.350 e. The number of halogens is 1. The number of carbonyl (C=O) groups excluding carboxylic acids is 1. The number of alkyl halides is 1. The second-order valence-electron chi connectivity index (χ2n) is 3.54. The van der Waals surface area contributed by atoms with Crippen molar-refractivity contribution in [2.75, 3.05) is 6.01 Å². The van der Waals surface area contributed by atoms with Crippen LogP contribution in [0.4, 0.5) is 4.39 Å². The Morgan fingerprint density at radius 2 is 1.61 bits per heavy atom. The fraction of sp³-hybridized carbons (Fsp3) is 0.0714. The lowest BCUT2D eigenvalue weighted by Crippen LogP contribution is -1.99. The molecular formula is C14H11FO2S. The van der Waals surface area contributed by atoms with Crippen molar-refractivity contribution in [1.82, 2.24) is 0 Å². The molecule has 0 amide bonds. The Kier molecular flexibility index (Phi) is 4.36. The van der Waals surface area contributed by atoms with Gasteiger partial charge in [0.2, 0.25) is 0 Å². The van der Waals surface area contributed by atoms with Crippen LogP contribution < -0.4 is 0 Å². The predicted octanol–water partition coefficient (Wildman–Crippen LogP) is 4.09. The molecule has 0 spiro atoms. The highest BCUT2D eigenvalue weighted by Gasteiger charge is 2.07. The van der Waals surface area contributed by atoms with E-state index in [4.69, 9.17) is 0 Å². The lowest BCUT2D eigenvalue weighted by atomic mass is 10.0. The first kappa shape index (κ1) is 12.6. The Morgan fingerprint density at radius 1 is 1.00 bits per heavy atom. The van der Waals surface area contributed by atoms with Crippen molar-refractivity contribution in [3.8, 4) is 11.1 Å². The Labute approximate surface area is 109 Å². The van der Waals surface area contributed by atoms with E-state index in [0.717, 1.165) is 11.1 Å². The highest BCUT2D eigenvalue weighted by molar-refractivity contribution is 7.94. The third kappa shape index (κ3) is 3.11. The Hall–Kier alpha value is -1.81. The Balaban J connectivity index is 2.13. The summed E-state index contributed by atoms with van der Waals surface area (Å²) in [5.74, 6) is -0.530. The van der Waals surface area contributed by atoms with Crippen molar-refractivity contribution in [2.24, 2.45) is 0 Å². The summed E-state index contributed by atoms with van der Waals surface area (Å²) in [6.07, 6.45) is 0. The molecule has 0 aromatic heterocycles. The highest BCUT2D eigenvalue weighted by Crippen LogP contribution is 2.20. The minimum atomic E-state index is -0.742. The molecule has 0 N–H and O–H groups in total. The van der Waals surface area contributed by atoms with Crippen molar-refractivity contribution >= 4 is 18.0 Å². The minimum Gasteiger partial charge on any atom is -0.385 e. The maximum absolute atomic E-state index is 11.8. The quantitative estimate of drug-likeness (QED) is 0.776. The average Bonchev–Trinajstić information content (AvgIpc) is 2.46. The summed E-state index contributed by atoms with van der Waals surface area (Å²) in [6.45, 7) is 0. The van der Waals surface area contributed by atoms with Crippen molar-refractivity contribution < 1.29 is 13.4 Å². The van der Waals surface area contributed by atoms with E-state index in [9.17, 15) is 9.18 Å². The van der Waals surface area contributed by atoms with E-state index in [1.165, 1.54) is 0 Å². The molecule has 0 aliphatic heterocycles. The fourth-order valence-electron chi connectivity index (χ4n) is 1.55. The van der Waals surface area contributed by atoms with Crippen LogP contribution in [0.25, 0.3) is 11.1 Å². The van der Waals surface area contributed by atoms with Gasteiger partial charge in [0.1, 0.15) is 0 Å². The lowest BCUT2D eigenvalue weighted by Gasteiger charge is -2.03. The van der Waals surface area contributed by atoms with Crippen molar-refractivity contribution in [1.29, 1.82) is 0 Å². The van der Waals surface area contributed by atoms with Gasteiger partial charge in [-0.2, -0.15) is 0 Å². The van der Waals surface area contributed by atoms with Gasteiger partial charge in [-0.15, -0.1) is 0 Å². The SMILES string of the molecule is O=C(OSCF)c1ccc(-c2ccccc2)cc1. The standard InChI is InChI=1S/C14H11FO2S/c15-10-18-17-14(16)13-8-6-12(7-9-13)11-4-2-1-3-5-11/h1-9H,10H2. The molecule has 0 aliphatic carbocycles. The van der Waals surface area contributed by atoms with Gasteiger partial charge in [-0.1, -0.05) is 42.5 Å². The van der Waals surface area contributed by atoms with Crippen LogP contribution in [0.15, 0.2) is 54.6 Å². The first-order chi connectivity index (χ1) is 8.81. The Bertz CT molecular complexity index is 511. The maximum atomic E-state index is 11.8. The molecule has 0 fully saturated rings. The second kappa shape index (κ2) is 6.21. The molecule has 0 heterocycles. The summed E-state index contributed by atoms with van der Waals surface area (Å²) in [5.41, 5.74) is 2.51. The molecule has 0 radical (unpaired) electrons. The van der Waals surface area contributed by atoms with Crippen molar-refractivity contribution in [3.63, 3.8) is 0 Å². The largest absolute Gasteiger partial charge is 0.385 e. The summed E-state index contributed by atoms with van der Waals surface area (Å²) in [6, 6.07) is 16.1. The van der Waals surface area contributed by atoms with E-state index < -0.39 is 12.0 Å². The third-order valence-electron chi connectivity index (χ3n) is 2.41. The molecule has 0 unspecified atom stereocenters. The number of rotatable bonds is 4. The van der Waals surface area contributed by atoms with Gasteiger partial charge in [-0.05, 0) is 23.3 Å². The first-order valence-corrected chi connectivity index (χ1v) is 6.27. The second-order valence-corrected chi connectivity index (χ2v) is 4.16. The number of hydrogen-bond donors (Lipinski definition) is 0. The van der Waals surface area contributed by atoms with E-state index in [1.54, 1.807) is 12.1 Å². The topological polar surface area (TPSA) is 26.3 Å². The molecule has 0 atom stereocenters. The molecule has 2 aromatic rings. The summed E-state index contributed by atoms with van der Waals surface area (Å²) < 4.78 is 16.5. The molecule has 0 saturated heterocycles. The molecule has 18 heavy (non-hydrogen) atoms. The normalized spacial score (nSPS) is 10.1. The van der Waals surface area contributed by atoms with Crippen LogP contribution in [-0.4, -0.2) is 12.0 Å². The van der Waals surface area contributed by atoms with Gasteiger partial charge >= 0.3 is 5.97 Å². The zero-order valence-electron chi connectivity index (χ0n) is 9.51. The molecule has 0 saturated carbocycles. The first-order valence-electron chi connectivity index (χ1n) is 5.36. The van der Waals surface area contributed by atoms with Crippen LogP contribution in [0.2, 0.25) is 0 Å². The summed E-state index contributed by atoms with van der Waals surface area (Å²) >= 11 is 0.495. The van der Waals surface area contributed by atoms with Crippen LogP contribution in [0, 0.1) is 0 Å². The van der Waals surface area contributed by atoms with Gasteiger partial charge < -0.3 is 4.18 Å². The third-order valence-corrected chi connectivity index (χ3v) is 2.77. The lowest BCUT2D eigenvalue weighted by molar-refractivity contribution is 0.0766. The zero-order valence-corrected chi connectivity index (χ0v) is 10.3. The van der Waals surface area contributed by atoms with Gasteiger partial charge in [-0.25, -0.2) is 9.18 Å².